The molecule has 1 N–H and O–H groups in total. The average Bonchev–Trinajstić information content (AvgIpc) is 2.91. The van der Waals surface area contributed by atoms with Crippen LogP contribution in [0.25, 0.3) is 20.7 Å². The summed E-state index contributed by atoms with van der Waals surface area (Å²) in [6.07, 6.45) is 1.32. The molecule has 0 radical (unpaired) electrons. The van der Waals surface area contributed by atoms with Gasteiger partial charge in [-0.25, -0.2) is 9.18 Å². The predicted octanol–water partition coefficient (Wildman–Crippen LogP) is 3.14. The summed E-state index contributed by atoms with van der Waals surface area (Å²) in [5.41, 5.74) is 0.684. The molecule has 0 aliphatic rings. The van der Waals surface area contributed by atoms with E-state index in [1.54, 1.807) is 13.1 Å². The molecule has 2 heterocycles. The van der Waals surface area contributed by atoms with E-state index in [0.29, 0.717) is 5.69 Å². The molecule has 0 unspecified atom stereocenters. The Morgan fingerprint density at radius 2 is 2.21 bits per heavy atom. The van der Waals surface area contributed by atoms with Gasteiger partial charge in [-0.2, -0.15) is 5.10 Å². The van der Waals surface area contributed by atoms with E-state index in [1.807, 2.05) is 6.07 Å². The maximum atomic E-state index is 13.2. The minimum absolute atomic E-state index is 0.148. The standard InChI is InChI=1S/C13H9FN2O2S/c1-16-12(9(6-15-16)13(17)18)11-4-7-2-3-8(14)5-10(7)19-11/h2-6H,1H3,(H,17,18). The third-order valence-electron chi connectivity index (χ3n) is 2.88. The van der Waals surface area contributed by atoms with Gasteiger partial charge in [-0.1, -0.05) is 6.07 Å². The molecule has 0 saturated heterocycles. The van der Waals surface area contributed by atoms with Gasteiger partial charge >= 0.3 is 5.97 Å². The van der Waals surface area contributed by atoms with Crippen LogP contribution in [0.15, 0.2) is 30.5 Å². The topological polar surface area (TPSA) is 55.1 Å². The van der Waals surface area contributed by atoms with Gasteiger partial charge in [0.25, 0.3) is 0 Å². The number of rotatable bonds is 2. The van der Waals surface area contributed by atoms with E-state index in [4.69, 9.17) is 5.11 Å². The SMILES string of the molecule is Cn1ncc(C(=O)O)c1-c1cc2ccc(F)cc2s1. The first-order valence-electron chi connectivity index (χ1n) is 5.51. The molecule has 6 heteroatoms. The third-order valence-corrected chi connectivity index (χ3v) is 3.99. The van der Waals surface area contributed by atoms with Gasteiger partial charge in [0, 0.05) is 11.7 Å². The second kappa shape index (κ2) is 4.17. The number of fused-ring (bicyclic) bond motifs is 1. The number of aromatic carboxylic acids is 1. The van der Waals surface area contributed by atoms with E-state index in [9.17, 15) is 9.18 Å². The van der Waals surface area contributed by atoms with Crippen LogP contribution in [-0.2, 0) is 7.05 Å². The van der Waals surface area contributed by atoms with Crippen LogP contribution in [0, 0.1) is 5.82 Å². The van der Waals surface area contributed by atoms with Gasteiger partial charge < -0.3 is 5.11 Å². The fourth-order valence-electron chi connectivity index (χ4n) is 2.01. The molecule has 0 atom stereocenters. The van der Waals surface area contributed by atoms with Crippen molar-refractivity contribution < 1.29 is 14.3 Å². The molecule has 2 aromatic heterocycles. The molecule has 0 aliphatic heterocycles. The van der Waals surface area contributed by atoms with Crippen molar-refractivity contribution in [2.45, 2.75) is 0 Å². The second-order valence-corrected chi connectivity index (χ2v) is 5.21. The highest BCUT2D eigenvalue weighted by Gasteiger charge is 2.18. The summed E-state index contributed by atoms with van der Waals surface area (Å²) >= 11 is 1.35. The molecule has 1 aromatic carbocycles. The number of nitrogens with zero attached hydrogens (tertiary/aromatic N) is 2. The van der Waals surface area contributed by atoms with E-state index in [-0.39, 0.29) is 11.4 Å². The number of hydrogen-bond donors (Lipinski definition) is 1. The Hall–Kier alpha value is -2.21. The average molecular weight is 276 g/mol. The van der Waals surface area contributed by atoms with Crippen molar-refractivity contribution in [2.24, 2.45) is 7.05 Å². The van der Waals surface area contributed by atoms with Crippen LogP contribution in [0.3, 0.4) is 0 Å². The first-order chi connectivity index (χ1) is 9.06. The van der Waals surface area contributed by atoms with Gasteiger partial charge in [0.05, 0.1) is 16.8 Å². The highest BCUT2D eigenvalue weighted by atomic mass is 32.1. The van der Waals surface area contributed by atoms with Gasteiger partial charge in [0.2, 0.25) is 0 Å². The Kier molecular flexibility index (Phi) is 2.60. The van der Waals surface area contributed by atoms with Gasteiger partial charge in [0.1, 0.15) is 11.4 Å². The molecule has 0 aliphatic carbocycles. The van der Waals surface area contributed by atoms with Crippen LogP contribution in [-0.4, -0.2) is 20.9 Å². The first kappa shape index (κ1) is 11.9. The fraction of sp³-hybridized carbons (Fsp3) is 0.0769. The maximum absolute atomic E-state index is 13.2. The van der Waals surface area contributed by atoms with Crippen LogP contribution >= 0.6 is 11.3 Å². The number of hydrogen-bond acceptors (Lipinski definition) is 3. The van der Waals surface area contributed by atoms with Crippen molar-refractivity contribution in [1.29, 1.82) is 0 Å². The summed E-state index contributed by atoms with van der Waals surface area (Å²) < 4.78 is 15.5. The molecule has 4 nitrogen and oxygen atoms in total. The zero-order chi connectivity index (χ0) is 13.6. The Balaban J connectivity index is 2.24. The highest BCUT2D eigenvalue weighted by molar-refractivity contribution is 7.22. The molecular formula is C13H9FN2O2S. The largest absolute Gasteiger partial charge is 0.478 e. The van der Waals surface area contributed by atoms with Gasteiger partial charge in [-0.15, -0.1) is 11.3 Å². The predicted molar refractivity (Wildman–Crippen MR) is 70.9 cm³/mol. The molecule has 19 heavy (non-hydrogen) atoms. The van der Waals surface area contributed by atoms with Crippen LogP contribution < -0.4 is 0 Å². The molecule has 96 valence electrons. The number of carbonyl (C=O) groups is 1. The number of thiophene rings is 1. The first-order valence-corrected chi connectivity index (χ1v) is 6.32. The van der Waals surface area contributed by atoms with Crippen molar-refractivity contribution in [3.05, 3.63) is 41.8 Å². The van der Waals surface area contributed by atoms with Crippen LogP contribution in [0.5, 0.6) is 0 Å². The van der Waals surface area contributed by atoms with Crippen molar-refractivity contribution in [2.75, 3.05) is 0 Å². The van der Waals surface area contributed by atoms with Crippen LogP contribution in [0.2, 0.25) is 0 Å². The molecule has 0 saturated carbocycles. The smallest absolute Gasteiger partial charge is 0.339 e. The Labute approximate surface area is 111 Å². The zero-order valence-corrected chi connectivity index (χ0v) is 10.7. The lowest BCUT2D eigenvalue weighted by molar-refractivity contribution is 0.0697. The summed E-state index contributed by atoms with van der Waals surface area (Å²) in [6.45, 7) is 0. The lowest BCUT2D eigenvalue weighted by Gasteiger charge is -1.99. The summed E-state index contributed by atoms with van der Waals surface area (Å²) in [5.74, 6) is -1.32. The minimum Gasteiger partial charge on any atom is -0.478 e. The lowest BCUT2D eigenvalue weighted by atomic mass is 10.2. The van der Waals surface area contributed by atoms with Gasteiger partial charge in [0.15, 0.2) is 0 Å². The third kappa shape index (κ3) is 1.90. The number of benzene rings is 1. The fourth-order valence-corrected chi connectivity index (χ4v) is 3.19. The van der Waals surface area contributed by atoms with Crippen LogP contribution in [0.4, 0.5) is 4.39 Å². The number of carboxylic acid groups (broad SMARTS) is 1. The zero-order valence-electron chi connectivity index (χ0n) is 9.92. The molecular weight excluding hydrogens is 267 g/mol. The number of aryl methyl sites for hydroxylation is 1. The van der Waals surface area contributed by atoms with Crippen molar-refractivity contribution >= 4 is 27.4 Å². The highest BCUT2D eigenvalue weighted by Crippen LogP contribution is 2.35. The summed E-state index contributed by atoms with van der Waals surface area (Å²) in [5, 5.41) is 14.0. The number of carboxylic acids is 1. The van der Waals surface area contributed by atoms with Gasteiger partial charge in [-0.05, 0) is 23.6 Å². The molecule has 0 bridgehead atoms. The van der Waals surface area contributed by atoms with Crippen molar-refractivity contribution in [3.63, 3.8) is 0 Å². The molecule has 3 aromatic rings. The Bertz CT molecular complexity index is 791. The Morgan fingerprint density at radius 1 is 1.42 bits per heavy atom. The van der Waals surface area contributed by atoms with E-state index in [2.05, 4.69) is 5.10 Å². The number of aromatic nitrogens is 2. The normalized spacial score (nSPS) is 11.1. The molecule has 0 amide bonds. The maximum Gasteiger partial charge on any atom is 0.339 e. The van der Waals surface area contributed by atoms with Crippen molar-refractivity contribution in [3.8, 4) is 10.6 Å². The summed E-state index contributed by atoms with van der Waals surface area (Å²) in [4.78, 5) is 11.9. The minimum atomic E-state index is -1.02. The quantitative estimate of drug-likeness (QED) is 0.782. The van der Waals surface area contributed by atoms with E-state index in [0.717, 1.165) is 15.0 Å². The Morgan fingerprint density at radius 3 is 2.95 bits per heavy atom. The molecule has 0 fully saturated rings. The number of halogens is 1. The van der Waals surface area contributed by atoms with E-state index >= 15 is 0 Å². The molecule has 0 spiro atoms. The van der Waals surface area contributed by atoms with Crippen molar-refractivity contribution in [1.82, 2.24) is 9.78 Å². The summed E-state index contributed by atoms with van der Waals surface area (Å²) in [6, 6.07) is 6.37. The summed E-state index contributed by atoms with van der Waals surface area (Å²) in [7, 11) is 1.69. The monoisotopic (exact) mass is 276 g/mol. The second-order valence-electron chi connectivity index (χ2n) is 4.13. The van der Waals surface area contributed by atoms with E-state index < -0.39 is 5.97 Å². The van der Waals surface area contributed by atoms with E-state index in [1.165, 1.54) is 34.3 Å². The van der Waals surface area contributed by atoms with Gasteiger partial charge in [-0.3, -0.25) is 4.68 Å². The lowest BCUT2D eigenvalue weighted by Crippen LogP contribution is -1.99. The van der Waals surface area contributed by atoms with Crippen LogP contribution in [0.1, 0.15) is 10.4 Å². The molecule has 3 rings (SSSR count).